The summed E-state index contributed by atoms with van der Waals surface area (Å²) < 4.78 is 6.13. The molecule has 3 rings (SSSR count). The molecule has 0 saturated heterocycles. The van der Waals surface area contributed by atoms with Crippen LogP contribution in [0.2, 0.25) is 0 Å². The van der Waals surface area contributed by atoms with E-state index in [2.05, 4.69) is 30.6 Å². The molecule has 0 bridgehead atoms. The summed E-state index contributed by atoms with van der Waals surface area (Å²) in [6.45, 7) is 2.05. The van der Waals surface area contributed by atoms with Gasteiger partial charge in [-0.25, -0.2) is 4.98 Å². The van der Waals surface area contributed by atoms with E-state index in [0.717, 1.165) is 20.1 Å². The number of carbonyl (C=O) groups is 1. The highest BCUT2D eigenvalue weighted by atomic mass is 79.9. The monoisotopic (exact) mass is 419 g/mol. The molecule has 0 saturated carbocycles. The third kappa shape index (κ3) is 4.66. The van der Waals surface area contributed by atoms with Gasteiger partial charge in [0.2, 0.25) is 5.91 Å². The third-order valence-corrected chi connectivity index (χ3v) is 5.53. The molecule has 1 aromatic heterocycles. The first kappa shape index (κ1) is 17.1. The molecule has 0 atom stereocenters. The maximum atomic E-state index is 12.0. The van der Waals surface area contributed by atoms with Crippen molar-refractivity contribution in [3.63, 3.8) is 0 Å². The van der Waals surface area contributed by atoms with Crippen molar-refractivity contribution in [2.45, 2.75) is 11.3 Å². The molecule has 1 heterocycles. The Morgan fingerprint density at radius 2 is 1.88 bits per heavy atom. The quantitative estimate of drug-likeness (QED) is 0.590. The molecule has 1 amide bonds. The topological polar surface area (TPSA) is 54.9 Å². The predicted molar refractivity (Wildman–Crippen MR) is 104 cm³/mol. The van der Waals surface area contributed by atoms with Gasteiger partial charge in [0.05, 0.1) is 5.75 Å². The number of carbonyl (C=O) groups excluding carboxylic acids is 1. The van der Waals surface area contributed by atoms with Crippen LogP contribution in [0.25, 0.3) is 11.4 Å². The van der Waals surface area contributed by atoms with Gasteiger partial charge in [-0.3, -0.25) is 4.79 Å². The lowest BCUT2D eigenvalue weighted by molar-refractivity contribution is -0.113. The van der Waals surface area contributed by atoms with Crippen molar-refractivity contribution < 1.29 is 4.79 Å². The van der Waals surface area contributed by atoms with Crippen molar-refractivity contribution in [2.75, 3.05) is 11.1 Å². The molecule has 0 aliphatic rings. The van der Waals surface area contributed by atoms with Gasteiger partial charge in [-0.05, 0) is 42.7 Å². The Morgan fingerprint density at radius 3 is 2.58 bits per heavy atom. The number of aromatic nitrogens is 2. The Hall–Kier alpha value is -1.70. The lowest BCUT2D eigenvalue weighted by Crippen LogP contribution is -2.13. The van der Waals surface area contributed by atoms with Crippen molar-refractivity contribution in [3.05, 3.63) is 58.6 Å². The number of halogens is 1. The van der Waals surface area contributed by atoms with E-state index in [4.69, 9.17) is 0 Å². The fraction of sp³-hybridized carbons (Fsp3) is 0.118. The maximum absolute atomic E-state index is 12.0. The smallest absolute Gasteiger partial charge is 0.234 e. The molecule has 0 unspecified atom stereocenters. The summed E-state index contributed by atoms with van der Waals surface area (Å²) >= 11 is 6.08. The molecule has 24 heavy (non-hydrogen) atoms. The molecular formula is C17H14BrN3OS2. The van der Waals surface area contributed by atoms with Crippen molar-refractivity contribution >= 4 is 50.8 Å². The number of amides is 1. The van der Waals surface area contributed by atoms with Gasteiger partial charge in [0.1, 0.15) is 0 Å². The van der Waals surface area contributed by atoms with Crippen LogP contribution in [0, 0.1) is 6.92 Å². The number of rotatable bonds is 5. The molecule has 4 nitrogen and oxygen atoms in total. The number of hydrogen-bond acceptors (Lipinski definition) is 5. The number of anilines is 1. The zero-order valence-corrected chi connectivity index (χ0v) is 16.0. The maximum Gasteiger partial charge on any atom is 0.234 e. The Bertz CT molecular complexity index is 832. The van der Waals surface area contributed by atoms with E-state index in [0.29, 0.717) is 11.6 Å². The van der Waals surface area contributed by atoms with E-state index in [-0.39, 0.29) is 5.91 Å². The van der Waals surface area contributed by atoms with Crippen molar-refractivity contribution in [1.29, 1.82) is 0 Å². The van der Waals surface area contributed by atoms with Gasteiger partial charge in [-0.15, -0.1) is 0 Å². The molecule has 0 fully saturated rings. The minimum atomic E-state index is -0.0607. The molecule has 3 aromatic rings. The largest absolute Gasteiger partial charge is 0.325 e. The van der Waals surface area contributed by atoms with Crippen LogP contribution >= 0.6 is 39.2 Å². The fourth-order valence-electron chi connectivity index (χ4n) is 1.95. The standard InChI is InChI=1S/C17H14BrN3OS2/c1-11-2-4-12(5-3-11)16-20-17(24-21-16)23-10-15(22)19-14-8-6-13(18)7-9-14/h2-9H,10H2,1H3,(H,19,22). The van der Waals surface area contributed by atoms with Crippen molar-refractivity contribution in [2.24, 2.45) is 0 Å². The van der Waals surface area contributed by atoms with Crippen LogP contribution in [0.5, 0.6) is 0 Å². The normalized spacial score (nSPS) is 10.6. The fourth-order valence-corrected chi connectivity index (χ4v) is 3.63. The van der Waals surface area contributed by atoms with Gasteiger partial charge in [-0.2, -0.15) is 4.37 Å². The minimum Gasteiger partial charge on any atom is -0.325 e. The summed E-state index contributed by atoms with van der Waals surface area (Å²) in [5.41, 5.74) is 2.97. The number of hydrogen-bond donors (Lipinski definition) is 1. The molecular weight excluding hydrogens is 406 g/mol. The summed E-state index contributed by atoms with van der Waals surface area (Å²) in [7, 11) is 0. The first-order valence-electron chi connectivity index (χ1n) is 7.19. The number of nitrogens with one attached hydrogen (secondary N) is 1. The Kier molecular flexibility index (Phi) is 5.65. The highest BCUT2D eigenvalue weighted by Crippen LogP contribution is 2.25. The Balaban J connectivity index is 1.56. The summed E-state index contributed by atoms with van der Waals surface area (Å²) in [5, 5.41) is 2.86. The number of thioether (sulfide) groups is 1. The molecule has 2 aromatic carbocycles. The van der Waals surface area contributed by atoms with Crippen LogP contribution in [0.4, 0.5) is 5.69 Å². The summed E-state index contributed by atoms with van der Waals surface area (Å²) in [5.74, 6) is 0.948. The second-order valence-electron chi connectivity index (χ2n) is 5.09. The zero-order chi connectivity index (χ0) is 16.9. The first-order chi connectivity index (χ1) is 11.6. The number of nitrogens with zero attached hydrogens (tertiary/aromatic N) is 2. The van der Waals surface area contributed by atoms with E-state index in [1.807, 2.05) is 55.5 Å². The lowest BCUT2D eigenvalue weighted by atomic mass is 10.1. The zero-order valence-electron chi connectivity index (χ0n) is 12.8. The average Bonchev–Trinajstić information content (AvgIpc) is 3.05. The Morgan fingerprint density at radius 1 is 1.17 bits per heavy atom. The van der Waals surface area contributed by atoms with E-state index in [1.54, 1.807) is 0 Å². The van der Waals surface area contributed by atoms with E-state index in [1.165, 1.54) is 28.9 Å². The summed E-state index contributed by atoms with van der Waals surface area (Å²) in [6, 6.07) is 15.6. The van der Waals surface area contributed by atoms with E-state index in [9.17, 15) is 4.79 Å². The van der Waals surface area contributed by atoms with Crippen LogP contribution in [0.1, 0.15) is 5.56 Å². The summed E-state index contributed by atoms with van der Waals surface area (Å²) in [4.78, 5) is 16.5. The van der Waals surface area contributed by atoms with Crippen LogP contribution in [0.3, 0.4) is 0 Å². The molecule has 122 valence electrons. The summed E-state index contributed by atoms with van der Waals surface area (Å²) in [6.07, 6.45) is 0. The predicted octanol–water partition coefficient (Wildman–Crippen LogP) is 5.01. The average molecular weight is 420 g/mol. The van der Waals surface area contributed by atoms with Crippen molar-refractivity contribution in [1.82, 2.24) is 9.36 Å². The molecule has 7 heteroatoms. The van der Waals surface area contributed by atoms with Gasteiger partial charge in [0.25, 0.3) is 0 Å². The van der Waals surface area contributed by atoms with Gasteiger partial charge in [0.15, 0.2) is 10.2 Å². The SMILES string of the molecule is Cc1ccc(-c2nsc(SCC(=O)Nc3ccc(Br)cc3)n2)cc1. The Labute approximate surface area is 157 Å². The highest BCUT2D eigenvalue weighted by molar-refractivity contribution is 9.10. The van der Waals surface area contributed by atoms with Gasteiger partial charge in [-0.1, -0.05) is 57.5 Å². The van der Waals surface area contributed by atoms with Crippen LogP contribution in [-0.2, 0) is 4.79 Å². The molecule has 0 aliphatic carbocycles. The van der Waals surface area contributed by atoms with Gasteiger partial charge in [0, 0.05) is 15.7 Å². The van der Waals surface area contributed by atoms with Crippen LogP contribution < -0.4 is 5.32 Å². The minimum absolute atomic E-state index is 0.0607. The van der Waals surface area contributed by atoms with Crippen LogP contribution in [0.15, 0.2) is 57.3 Å². The third-order valence-electron chi connectivity index (χ3n) is 3.17. The number of benzene rings is 2. The molecule has 1 N–H and O–H groups in total. The lowest BCUT2D eigenvalue weighted by Gasteiger charge is -2.03. The molecule has 0 aliphatic heterocycles. The molecule has 0 radical (unpaired) electrons. The van der Waals surface area contributed by atoms with E-state index >= 15 is 0 Å². The van der Waals surface area contributed by atoms with Gasteiger partial charge < -0.3 is 5.32 Å². The second kappa shape index (κ2) is 7.92. The highest BCUT2D eigenvalue weighted by Gasteiger charge is 2.09. The van der Waals surface area contributed by atoms with E-state index < -0.39 is 0 Å². The van der Waals surface area contributed by atoms with Crippen LogP contribution in [-0.4, -0.2) is 21.0 Å². The first-order valence-corrected chi connectivity index (χ1v) is 9.74. The second-order valence-corrected chi connectivity index (χ2v) is 7.98. The van der Waals surface area contributed by atoms with Gasteiger partial charge >= 0.3 is 0 Å². The number of aryl methyl sites for hydroxylation is 1. The van der Waals surface area contributed by atoms with Crippen molar-refractivity contribution in [3.8, 4) is 11.4 Å². The molecule has 0 spiro atoms.